The van der Waals surface area contributed by atoms with E-state index in [1.54, 1.807) is 7.11 Å². The molecule has 0 fully saturated rings. The van der Waals surface area contributed by atoms with E-state index in [1.165, 1.54) is 0 Å². The Hall–Kier alpha value is -2.77. The fourth-order valence-corrected chi connectivity index (χ4v) is 5.40. The highest BCUT2D eigenvalue weighted by Crippen LogP contribution is 2.46. The van der Waals surface area contributed by atoms with Crippen molar-refractivity contribution < 1.29 is 9.30 Å². The zero-order valence-corrected chi connectivity index (χ0v) is 16.5. The second kappa shape index (κ2) is 8.75. The maximum absolute atomic E-state index is 14.1. The predicted molar refractivity (Wildman–Crippen MR) is 115 cm³/mol. The van der Waals surface area contributed by atoms with Gasteiger partial charge in [-0.25, -0.2) is 0 Å². The molecule has 0 amide bonds. The lowest BCUT2D eigenvalue weighted by Gasteiger charge is -2.18. The third kappa shape index (κ3) is 4.50. The van der Waals surface area contributed by atoms with Crippen LogP contribution in [-0.4, -0.2) is 7.11 Å². The van der Waals surface area contributed by atoms with Crippen LogP contribution < -0.4 is 20.7 Å². The summed E-state index contributed by atoms with van der Waals surface area (Å²) in [5.41, 5.74) is 1.87. The maximum Gasteiger partial charge on any atom is 0.165 e. The quantitative estimate of drug-likeness (QED) is 0.563. The molecule has 0 bridgehead atoms. The predicted octanol–water partition coefficient (Wildman–Crippen LogP) is 5.37. The Bertz CT molecular complexity index is 892. The van der Waals surface area contributed by atoms with Crippen molar-refractivity contribution in [1.82, 2.24) is 0 Å². The van der Waals surface area contributed by atoms with E-state index in [1.807, 2.05) is 90.7 Å². The van der Waals surface area contributed by atoms with Gasteiger partial charge in [0.2, 0.25) is 0 Å². The van der Waals surface area contributed by atoms with Crippen LogP contribution in [0.3, 0.4) is 0 Å². The molecule has 0 saturated carbocycles. The Labute approximate surface area is 161 Å². The van der Waals surface area contributed by atoms with Crippen molar-refractivity contribution in [2.24, 2.45) is 0 Å². The van der Waals surface area contributed by atoms with Gasteiger partial charge in [0.25, 0.3) is 0 Å². The van der Waals surface area contributed by atoms with Crippen molar-refractivity contribution in [2.75, 3.05) is 12.4 Å². The Morgan fingerprint density at radius 3 is 1.85 bits per heavy atom. The molecular weight excluding hydrogens is 353 g/mol. The number of nitrogens with one attached hydrogen (secondary N) is 1. The fraction of sp³-hybridized carbons (Fsp3) is 0.130. The minimum atomic E-state index is -2.90. The van der Waals surface area contributed by atoms with Gasteiger partial charge in [-0.05, 0) is 30.7 Å². The van der Waals surface area contributed by atoms with Crippen LogP contribution in [0.1, 0.15) is 13.3 Å². The number of benzene rings is 3. The first-order valence-corrected chi connectivity index (χ1v) is 10.8. The van der Waals surface area contributed by atoms with E-state index in [9.17, 15) is 4.57 Å². The molecule has 27 heavy (non-hydrogen) atoms. The first-order valence-electron chi connectivity index (χ1n) is 8.99. The molecule has 3 aromatic rings. The number of allylic oxidation sites excluding steroid dienone is 1. The third-order valence-electron chi connectivity index (χ3n) is 4.39. The van der Waals surface area contributed by atoms with Crippen LogP contribution in [-0.2, 0) is 4.57 Å². The molecule has 0 aliphatic carbocycles. The van der Waals surface area contributed by atoms with Gasteiger partial charge in [0.1, 0.15) is 5.75 Å². The molecule has 0 saturated heterocycles. The second-order valence-electron chi connectivity index (χ2n) is 6.19. The molecule has 3 rings (SSSR count). The highest BCUT2D eigenvalue weighted by Gasteiger charge is 2.25. The second-order valence-corrected chi connectivity index (χ2v) is 8.80. The van der Waals surface area contributed by atoms with Gasteiger partial charge in [-0.2, -0.15) is 0 Å². The molecule has 0 spiro atoms. The Morgan fingerprint density at radius 2 is 1.41 bits per heavy atom. The topological polar surface area (TPSA) is 38.3 Å². The Balaban J connectivity index is 2.01. The fourth-order valence-electron chi connectivity index (χ4n) is 2.89. The lowest BCUT2D eigenvalue weighted by molar-refractivity contribution is 0.415. The van der Waals surface area contributed by atoms with Gasteiger partial charge in [0.15, 0.2) is 7.14 Å². The SMILES string of the molecule is CC/C(=C\P(=O)(c1ccccc1)c1ccccc1)Nc1ccc(OC)cc1. The number of rotatable bonds is 7. The molecule has 3 aromatic carbocycles. The zero-order valence-electron chi connectivity index (χ0n) is 15.6. The minimum Gasteiger partial charge on any atom is -0.497 e. The van der Waals surface area contributed by atoms with Crippen LogP contribution in [0.4, 0.5) is 5.69 Å². The first kappa shape index (κ1) is 19.0. The number of hydrogen-bond acceptors (Lipinski definition) is 3. The number of hydrogen-bond donors (Lipinski definition) is 1. The summed E-state index contributed by atoms with van der Waals surface area (Å²) in [4.78, 5) is 0. The van der Waals surface area contributed by atoms with E-state index in [0.717, 1.165) is 34.2 Å². The number of anilines is 1. The summed E-state index contributed by atoms with van der Waals surface area (Å²) >= 11 is 0. The maximum atomic E-state index is 14.1. The van der Waals surface area contributed by atoms with E-state index < -0.39 is 7.14 Å². The third-order valence-corrected chi connectivity index (χ3v) is 7.20. The summed E-state index contributed by atoms with van der Waals surface area (Å²) < 4.78 is 19.3. The summed E-state index contributed by atoms with van der Waals surface area (Å²) in [6, 6.07) is 27.1. The summed E-state index contributed by atoms with van der Waals surface area (Å²) in [5, 5.41) is 5.07. The lowest BCUT2D eigenvalue weighted by atomic mass is 10.3. The standard InChI is InChI=1S/C23H24NO2P/c1-3-19(24-20-14-16-21(26-2)17-15-20)18-27(25,22-10-6-4-7-11-22)23-12-8-5-9-13-23/h4-18,24H,3H2,1-2H3/b19-18+. The molecule has 1 N–H and O–H groups in total. The van der Waals surface area contributed by atoms with Gasteiger partial charge in [-0.15, -0.1) is 0 Å². The average molecular weight is 377 g/mol. The van der Waals surface area contributed by atoms with Gasteiger partial charge in [0, 0.05) is 27.8 Å². The van der Waals surface area contributed by atoms with E-state index in [-0.39, 0.29) is 0 Å². The summed E-state index contributed by atoms with van der Waals surface area (Å²) in [6.07, 6.45) is 0.746. The molecule has 0 heterocycles. The smallest absolute Gasteiger partial charge is 0.165 e. The van der Waals surface area contributed by atoms with Crippen LogP contribution in [0.2, 0.25) is 0 Å². The van der Waals surface area contributed by atoms with Crippen molar-refractivity contribution in [2.45, 2.75) is 13.3 Å². The van der Waals surface area contributed by atoms with Crippen molar-refractivity contribution in [3.8, 4) is 5.75 Å². The van der Waals surface area contributed by atoms with Gasteiger partial charge < -0.3 is 14.6 Å². The van der Waals surface area contributed by atoms with Crippen LogP contribution >= 0.6 is 7.14 Å². The van der Waals surface area contributed by atoms with E-state index in [4.69, 9.17) is 4.74 Å². The summed E-state index contributed by atoms with van der Waals surface area (Å²) in [7, 11) is -1.25. The van der Waals surface area contributed by atoms with Gasteiger partial charge >= 0.3 is 0 Å². The molecule has 3 nitrogen and oxygen atoms in total. The number of methoxy groups -OCH3 is 1. The molecule has 0 aromatic heterocycles. The Morgan fingerprint density at radius 1 is 0.889 bits per heavy atom. The van der Waals surface area contributed by atoms with Crippen molar-refractivity contribution in [1.29, 1.82) is 0 Å². The van der Waals surface area contributed by atoms with E-state index >= 15 is 0 Å². The first-order chi connectivity index (χ1) is 13.2. The molecule has 0 unspecified atom stereocenters. The van der Waals surface area contributed by atoms with Gasteiger partial charge in [-0.1, -0.05) is 67.6 Å². The normalized spacial score (nSPS) is 11.9. The minimum absolute atomic E-state index is 0.746. The van der Waals surface area contributed by atoms with Crippen molar-refractivity contribution >= 4 is 23.4 Å². The monoisotopic (exact) mass is 377 g/mol. The Kier molecular flexibility index (Phi) is 6.16. The van der Waals surface area contributed by atoms with Crippen molar-refractivity contribution in [3.05, 3.63) is 96.4 Å². The van der Waals surface area contributed by atoms with Crippen LogP contribution in [0.15, 0.2) is 96.4 Å². The molecule has 0 radical (unpaired) electrons. The highest BCUT2D eigenvalue weighted by molar-refractivity contribution is 7.81. The molecule has 138 valence electrons. The zero-order chi connectivity index (χ0) is 19.1. The van der Waals surface area contributed by atoms with E-state index in [0.29, 0.717) is 0 Å². The van der Waals surface area contributed by atoms with E-state index in [2.05, 4.69) is 12.2 Å². The molecular formula is C23H24NO2P. The van der Waals surface area contributed by atoms with Gasteiger partial charge in [0.05, 0.1) is 7.11 Å². The van der Waals surface area contributed by atoms with Crippen LogP contribution in [0, 0.1) is 0 Å². The molecule has 0 atom stereocenters. The summed E-state index contributed by atoms with van der Waals surface area (Å²) in [5.74, 6) is 2.71. The summed E-state index contributed by atoms with van der Waals surface area (Å²) in [6.45, 7) is 2.06. The van der Waals surface area contributed by atoms with Crippen LogP contribution in [0.5, 0.6) is 5.75 Å². The lowest BCUT2D eigenvalue weighted by Crippen LogP contribution is -2.15. The average Bonchev–Trinajstić information content (AvgIpc) is 2.75. The number of ether oxygens (including phenoxy) is 1. The molecule has 0 aliphatic rings. The highest BCUT2D eigenvalue weighted by atomic mass is 31.2. The largest absolute Gasteiger partial charge is 0.497 e. The van der Waals surface area contributed by atoms with Crippen LogP contribution in [0.25, 0.3) is 0 Å². The van der Waals surface area contributed by atoms with Gasteiger partial charge in [-0.3, -0.25) is 0 Å². The van der Waals surface area contributed by atoms with Crippen molar-refractivity contribution in [3.63, 3.8) is 0 Å². The molecule has 4 heteroatoms. The molecule has 0 aliphatic heterocycles.